The van der Waals surface area contributed by atoms with Crippen LogP contribution >= 0.6 is 0 Å². The molecule has 3 aliphatic rings. The Morgan fingerprint density at radius 2 is 1.60 bits per heavy atom. The van der Waals surface area contributed by atoms with Gasteiger partial charge in [0.25, 0.3) is 0 Å². The minimum Gasteiger partial charge on any atom is -0.352 e. The molecule has 1 amide bonds. The minimum atomic E-state index is -1.47. The second-order valence-electron chi connectivity index (χ2n) is 10.6. The first-order chi connectivity index (χ1) is 19.4. The molecule has 1 saturated heterocycles. The summed E-state index contributed by atoms with van der Waals surface area (Å²) in [5.41, 5.74) is 2.74. The first-order valence-electron chi connectivity index (χ1n) is 13.3. The van der Waals surface area contributed by atoms with Crippen molar-refractivity contribution >= 4 is 34.9 Å². The van der Waals surface area contributed by atoms with Crippen molar-refractivity contribution in [1.82, 2.24) is 0 Å². The lowest BCUT2D eigenvalue weighted by Gasteiger charge is -2.37. The number of aryl methyl sites for hydroxylation is 1. The number of para-hydroxylation sites is 1. The monoisotopic (exact) mass is 528 g/mol. The van der Waals surface area contributed by atoms with Crippen LogP contribution in [-0.4, -0.2) is 29.6 Å². The van der Waals surface area contributed by atoms with Gasteiger partial charge in [0.05, 0.1) is 17.5 Å². The summed E-state index contributed by atoms with van der Waals surface area (Å²) in [5.74, 6) is -3.13. The molecule has 0 aliphatic carbocycles. The highest BCUT2D eigenvalue weighted by molar-refractivity contribution is 6.18. The Hall–Kier alpha value is -4.84. The van der Waals surface area contributed by atoms with Gasteiger partial charge in [0, 0.05) is 16.9 Å². The molecule has 1 N–H and O–H groups in total. The molecule has 3 heterocycles. The van der Waals surface area contributed by atoms with Crippen molar-refractivity contribution in [3.8, 4) is 0 Å². The Bertz CT molecular complexity index is 1750. The van der Waals surface area contributed by atoms with Crippen molar-refractivity contribution < 1.29 is 18.8 Å². The number of nitrogens with one attached hydrogen (secondary N) is 1. The molecule has 40 heavy (non-hydrogen) atoms. The molecule has 0 radical (unpaired) electrons. The Balaban J connectivity index is 1.56. The largest absolute Gasteiger partial charge is 0.352 e. The number of anilines is 2. The smallest absolute Gasteiger partial charge is 0.238 e. The fourth-order valence-corrected chi connectivity index (χ4v) is 6.90. The van der Waals surface area contributed by atoms with Gasteiger partial charge in [0.15, 0.2) is 11.6 Å². The summed E-state index contributed by atoms with van der Waals surface area (Å²) in [6.07, 6.45) is 3.88. The van der Waals surface area contributed by atoms with Crippen molar-refractivity contribution in [2.45, 2.75) is 24.4 Å². The topological polar surface area (TPSA) is 66.5 Å². The van der Waals surface area contributed by atoms with Crippen LogP contribution in [0.1, 0.15) is 37.4 Å². The van der Waals surface area contributed by atoms with Gasteiger partial charge in [-0.2, -0.15) is 0 Å². The van der Waals surface area contributed by atoms with Gasteiger partial charge >= 0.3 is 0 Å². The Morgan fingerprint density at radius 1 is 0.875 bits per heavy atom. The van der Waals surface area contributed by atoms with E-state index < -0.39 is 35.0 Å². The summed E-state index contributed by atoms with van der Waals surface area (Å²) in [4.78, 5) is 45.4. The van der Waals surface area contributed by atoms with E-state index in [1.54, 1.807) is 36.4 Å². The number of nitrogens with zero attached hydrogens (tertiary/aromatic N) is 1. The molecule has 7 rings (SSSR count). The number of fused-ring (bicyclic) bond motifs is 6. The number of halogens is 1. The maximum absolute atomic E-state index is 15.2. The van der Waals surface area contributed by atoms with Gasteiger partial charge in [-0.15, -0.1) is 0 Å². The summed E-state index contributed by atoms with van der Waals surface area (Å²) in [6, 6.07) is 26.0. The zero-order chi connectivity index (χ0) is 27.6. The summed E-state index contributed by atoms with van der Waals surface area (Å²) in [7, 11) is 0. The van der Waals surface area contributed by atoms with Crippen LogP contribution in [0, 0.1) is 18.7 Å². The van der Waals surface area contributed by atoms with Gasteiger partial charge in [-0.3, -0.25) is 14.4 Å². The third-order valence-corrected chi connectivity index (χ3v) is 8.54. The molecule has 5 nitrogen and oxygen atoms in total. The van der Waals surface area contributed by atoms with Crippen LogP contribution in [0.4, 0.5) is 15.8 Å². The lowest BCUT2D eigenvalue weighted by molar-refractivity contribution is -0.121. The number of amides is 1. The Morgan fingerprint density at radius 3 is 2.40 bits per heavy atom. The first-order valence-corrected chi connectivity index (χ1v) is 13.3. The molecule has 0 unspecified atom stereocenters. The molecule has 1 fully saturated rings. The van der Waals surface area contributed by atoms with Crippen LogP contribution in [0.5, 0.6) is 0 Å². The van der Waals surface area contributed by atoms with Crippen molar-refractivity contribution in [1.29, 1.82) is 0 Å². The van der Waals surface area contributed by atoms with Crippen molar-refractivity contribution in [2.24, 2.45) is 5.92 Å². The number of hydrogen-bond donors (Lipinski definition) is 1. The average molecular weight is 529 g/mol. The normalized spacial score (nSPS) is 23.9. The van der Waals surface area contributed by atoms with Gasteiger partial charge < -0.3 is 10.2 Å². The number of Topliss-reactive ketones (excluding diaryl/α,β-unsaturated/α-hetero) is 2. The molecule has 0 aromatic heterocycles. The predicted octanol–water partition coefficient (Wildman–Crippen LogP) is 5.99. The molecule has 6 heteroatoms. The van der Waals surface area contributed by atoms with E-state index in [2.05, 4.69) is 5.32 Å². The van der Waals surface area contributed by atoms with Crippen LogP contribution < -0.4 is 10.2 Å². The second-order valence-corrected chi connectivity index (χ2v) is 10.6. The fraction of sp³-hybridized carbons (Fsp3) is 0.147. The van der Waals surface area contributed by atoms with Gasteiger partial charge in [0.1, 0.15) is 17.3 Å². The third kappa shape index (κ3) is 3.22. The maximum atomic E-state index is 15.2. The van der Waals surface area contributed by atoms with Gasteiger partial charge in [0.2, 0.25) is 5.91 Å². The second kappa shape index (κ2) is 8.85. The van der Waals surface area contributed by atoms with Crippen LogP contribution in [0.25, 0.3) is 6.08 Å². The van der Waals surface area contributed by atoms with E-state index in [1.807, 2.05) is 66.4 Å². The minimum absolute atomic E-state index is 0.136. The first kappa shape index (κ1) is 24.2. The molecule has 4 aromatic rings. The number of rotatable bonds is 4. The van der Waals surface area contributed by atoms with E-state index in [0.29, 0.717) is 16.8 Å². The molecule has 3 aliphatic heterocycles. The zero-order valence-electron chi connectivity index (χ0n) is 21.7. The van der Waals surface area contributed by atoms with Crippen LogP contribution in [0.3, 0.4) is 0 Å². The molecule has 0 saturated carbocycles. The van der Waals surface area contributed by atoms with E-state index in [-0.39, 0.29) is 17.3 Å². The quantitative estimate of drug-likeness (QED) is 0.331. The highest BCUT2D eigenvalue weighted by Gasteiger charge is 2.70. The number of carbonyl (C=O) groups is 3. The lowest BCUT2D eigenvalue weighted by atomic mass is 9.64. The van der Waals surface area contributed by atoms with Gasteiger partial charge in [-0.1, -0.05) is 84.4 Å². The molecule has 196 valence electrons. The van der Waals surface area contributed by atoms with E-state index in [0.717, 1.165) is 16.8 Å². The van der Waals surface area contributed by atoms with Crippen LogP contribution in [0.15, 0.2) is 103 Å². The van der Waals surface area contributed by atoms with Crippen molar-refractivity contribution in [3.05, 3.63) is 137 Å². The van der Waals surface area contributed by atoms with Crippen molar-refractivity contribution in [2.75, 3.05) is 10.2 Å². The molecule has 4 aromatic carbocycles. The maximum Gasteiger partial charge on any atom is 0.238 e. The van der Waals surface area contributed by atoms with Gasteiger partial charge in [-0.25, -0.2) is 4.39 Å². The number of hydrogen-bond acceptors (Lipinski definition) is 4. The molecule has 1 spiro atoms. The van der Waals surface area contributed by atoms with E-state index in [1.165, 1.54) is 18.2 Å². The van der Waals surface area contributed by atoms with E-state index >= 15 is 4.39 Å². The summed E-state index contributed by atoms with van der Waals surface area (Å²) in [6.45, 7) is 1.99. The molecular weight excluding hydrogens is 503 g/mol. The zero-order valence-corrected chi connectivity index (χ0v) is 21.7. The molecular formula is C34H25FN2O3. The molecule has 0 bridgehead atoms. The van der Waals surface area contributed by atoms with E-state index in [9.17, 15) is 14.4 Å². The van der Waals surface area contributed by atoms with E-state index in [4.69, 9.17) is 0 Å². The molecule has 4 atom stereocenters. The highest BCUT2D eigenvalue weighted by Crippen LogP contribution is 2.58. The summed E-state index contributed by atoms with van der Waals surface area (Å²) >= 11 is 0. The predicted molar refractivity (Wildman–Crippen MR) is 152 cm³/mol. The summed E-state index contributed by atoms with van der Waals surface area (Å²) in [5, 5.41) is 2.99. The highest BCUT2D eigenvalue weighted by atomic mass is 19.1. The number of ketones is 2. The Labute approximate surface area is 231 Å². The number of carbonyl (C=O) groups excluding carboxylic acids is 3. The van der Waals surface area contributed by atoms with Crippen LogP contribution in [0.2, 0.25) is 0 Å². The van der Waals surface area contributed by atoms with Gasteiger partial charge in [-0.05, 0) is 48.4 Å². The summed E-state index contributed by atoms with van der Waals surface area (Å²) < 4.78 is 15.2. The SMILES string of the molecule is Cc1ccc2c(c1)C=C[C@@H]1N2[C@H](C(=O)c2ccccc2)[C@H](C(=O)c2ccccc2F)[C@@]12C(=O)Nc1ccccc12. The average Bonchev–Trinajstić information content (AvgIpc) is 3.45. The van der Waals surface area contributed by atoms with Crippen molar-refractivity contribution in [3.63, 3.8) is 0 Å². The van der Waals surface area contributed by atoms with Crippen LogP contribution in [-0.2, 0) is 10.2 Å². The number of benzene rings is 4. The Kier molecular flexibility index (Phi) is 5.36. The lowest BCUT2D eigenvalue weighted by Crippen LogP contribution is -2.51. The standard InChI is InChI=1S/C34H25FN2O3/c1-20-15-17-27-22(19-20)16-18-28-34(24-12-6-8-14-26(24)36-33(34)40)29(32(39)23-11-5-7-13-25(23)35)30(37(27)28)31(38)21-9-3-2-4-10-21/h2-19,28-30H,1H3,(H,36,40)/t28-,29+,30-,34-/m0/s1. The fourth-order valence-electron chi connectivity index (χ4n) is 6.90. The third-order valence-electron chi connectivity index (χ3n) is 8.54.